The van der Waals surface area contributed by atoms with Gasteiger partial charge in [-0.25, -0.2) is 4.98 Å². The zero-order chi connectivity index (χ0) is 11.1. The fourth-order valence-electron chi connectivity index (χ4n) is 1.01. The molecule has 6 nitrogen and oxygen atoms in total. The molecular weight excluding hydrogens is 319 g/mol. The van der Waals surface area contributed by atoms with Gasteiger partial charge in [-0.05, 0) is 0 Å². The standard InChI is InChI=1S/C9H16N6.HI/c1-3-5-11-9(10)12-6-4-8-13-7-15(2)14-8;/h3,7H,1,4-6H2,2H3,(H3,10,11,12);1H. The molecule has 0 saturated heterocycles. The van der Waals surface area contributed by atoms with Gasteiger partial charge in [-0.2, -0.15) is 5.10 Å². The highest BCUT2D eigenvalue weighted by Gasteiger charge is 1.97. The van der Waals surface area contributed by atoms with Gasteiger partial charge in [0, 0.05) is 26.6 Å². The third-order valence-corrected chi connectivity index (χ3v) is 1.69. The number of nitrogens with two attached hydrogens (primary N) is 1. The Bertz CT molecular complexity index is 346. The fraction of sp³-hybridized carbons (Fsp3) is 0.444. The molecular formula is C9H17IN6. The van der Waals surface area contributed by atoms with Gasteiger partial charge in [0.1, 0.15) is 6.33 Å². The predicted molar refractivity (Wildman–Crippen MR) is 74.8 cm³/mol. The van der Waals surface area contributed by atoms with Gasteiger partial charge in [0.15, 0.2) is 11.8 Å². The summed E-state index contributed by atoms with van der Waals surface area (Å²) in [5.41, 5.74) is 5.57. The van der Waals surface area contributed by atoms with E-state index in [2.05, 4.69) is 27.0 Å². The first-order valence-electron chi connectivity index (χ1n) is 4.71. The van der Waals surface area contributed by atoms with Gasteiger partial charge in [0.25, 0.3) is 0 Å². The molecule has 1 heterocycles. The van der Waals surface area contributed by atoms with E-state index in [1.165, 1.54) is 0 Å². The first-order chi connectivity index (χ1) is 7.22. The maximum atomic E-state index is 5.57. The summed E-state index contributed by atoms with van der Waals surface area (Å²) in [6.07, 6.45) is 4.08. The van der Waals surface area contributed by atoms with Crippen LogP contribution >= 0.6 is 24.0 Å². The van der Waals surface area contributed by atoms with Crippen molar-refractivity contribution in [2.24, 2.45) is 17.8 Å². The van der Waals surface area contributed by atoms with E-state index in [4.69, 9.17) is 5.73 Å². The summed E-state index contributed by atoms with van der Waals surface area (Å²) in [7, 11) is 1.83. The number of guanidine groups is 1. The van der Waals surface area contributed by atoms with E-state index < -0.39 is 0 Å². The minimum absolute atomic E-state index is 0. The van der Waals surface area contributed by atoms with Crippen molar-refractivity contribution in [1.82, 2.24) is 20.1 Å². The van der Waals surface area contributed by atoms with Crippen LogP contribution in [0.15, 0.2) is 24.0 Å². The van der Waals surface area contributed by atoms with Gasteiger partial charge in [0.2, 0.25) is 0 Å². The van der Waals surface area contributed by atoms with Crippen LogP contribution in [0.3, 0.4) is 0 Å². The average molecular weight is 336 g/mol. The van der Waals surface area contributed by atoms with Crippen LogP contribution in [0.25, 0.3) is 0 Å². The SMILES string of the molecule is C=CCNC(N)=NCCc1ncn(C)n1.I. The zero-order valence-electron chi connectivity index (χ0n) is 9.26. The molecule has 0 radical (unpaired) electrons. The Kier molecular flexibility index (Phi) is 7.52. The summed E-state index contributed by atoms with van der Waals surface area (Å²) in [5.74, 6) is 1.20. The maximum absolute atomic E-state index is 5.57. The number of aryl methyl sites for hydroxylation is 1. The van der Waals surface area contributed by atoms with E-state index in [-0.39, 0.29) is 24.0 Å². The summed E-state index contributed by atoms with van der Waals surface area (Å²) >= 11 is 0. The summed E-state index contributed by atoms with van der Waals surface area (Å²) in [6.45, 7) is 4.77. The molecule has 7 heteroatoms. The first kappa shape index (κ1) is 14.9. The highest BCUT2D eigenvalue weighted by molar-refractivity contribution is 14.0. The van der Waals surface area contributed by atoms with Crippen LogP contribution in [0.5, 0.6) is 0 Å². The number of halogens is 1. The molecule has 3 N–H and O–H groups in total. The van der Waals surface area contributed by atoms with Crippen molar-refractivity contribution in [1.29, 1.82) is 0 Å². The monoisotopic (exact) mass is 336 g/mol. The Morgan fingerprint density at radius 1 is 1.75 bits per heavy atom. The van der Waals surface area contributed by atoms with E-state index >= 15 is 0 Å². The second-order valence-corrected chi connectivity index (χ2v) is 3.02. The first-order valence-corrected chi connectivity index (χ1v) is 4.71. The lowest BCUT2D eigenvalue weighted by molar-refractivity contribution is 0.738. The molecule has 1 aromatic heterocycles. The van der Waals surface area contributed by atoms with Crippen LogP contribution in [0, 0.1) is 0 Å². The van der Waals surface area contributed by atoms with Gasteiger partial charge in [0.05, 0.1) is 0 Å². The van der Waals surface area contributed by atoms with Crippen LogP contribution < -0.4 is 11.1 Å². The lowest BCUT2D eigenvalue weighted by atomic mass is 10.4. The molecule has 0 aliphatic heterocycles. The topological polar surface area (TPSA) is 81.1 Å². The number of nitrogens with zero attached hydrogens (tertiary/aromatic N) is 4. The van der Waals surface area contributed by atoms with Crippen molar-refractivity contribution in [3.8, 4) is 0 Å². The Hall–Kier alpha value is -1.12. The molecule has 1 rings (SSSR count). The molecule has 0 aliphatic carbocycles. The van der Waals surface area contributed by atoms with E-state index in [1.54, 1.807) is 17.1 Å². The molecule has 0 bridgehead atoms. The minimum Gasteiger partial charge on any atom is -0.370 e. The Morgan fingerprint density at radius 2 is 2.50 bits per heavy atom. The van der Waals surface area contributed by atoms with Gasteiger partial charge >= 0.3 is 0 Å². The number of aliphatic imine (C=N–C) groups is 1. The van der Waals surface area contributed by atoms with Gasteiger partial charge in [-0.15, -0.1) is 30.6 Å². The zero-order valence-corrected chi connectivity index (χ0v) is 11.6. The molecule has 0 aliphatic rings. The maximum Gasteiger partial charge on any atom is 0.188 e. The molecule has 16 heavy (non-hydrogen) atoms. The number of rotatable bonds is 5. The van der Waals surface area contributed by atoms with E-state index in [1.807, 2.05) is 7.05 Å². The van der Waals surface area contributed by atoms with E-state index in [9.17, 15) is 0 Å². The molecule has 0 saturated carbocycles. The fourth-order valence-corrected chi connectivity index (χ4v) is 1.01. The Balaban J connectivity index is 0.00000225. The third-order valence-electron chi connectivity index (χ3n) is 1.69. The van der Waals surface area contributed by atoms with Crippen LogP contribution in [-0.4, -0.2) is 33.8 Å². The normalized spacial score (nSPS) is 10.7. The highest BCUT2D eigenvalue weighted by atomic mass is 127. The summed E-state index contributed by atoms with van der Waals surface area (Å²) < 4.78 is 1.67. The third kappa shape index (κ3) is 5.69. The van der Waals surface area contributed by atoms with Gasteiger partial charge < -0.3 is 11.1 Å². The minimum atomic E-state index is 0. The van der Waals surface area contributed by atoms with Crippen LogP contribution in [-0.2, 0) is 13.5 Å². The van der Waals surface area contributed by atoms with Crippen molar-refractivity contribution >= 4 is 29.9 Å². The van der Waals surface area contributed by atoms with Gasteiger partial charge in [-0.3, -0.25) is 9.67 Å². The van der Waals surface area contributed by atoms with E-state index in [0.29, 0.717) is 25.5 Å². The molecule has 90 valence electrons. The van der Waals surface area contributed by atoms with Crippen molar-refractivity contribution in [3.63, 3.8) is 0 Å². The number of nitrogens with one attached hydrogen (secondary N) is 1. The summed E-state index contributed by atoms with van der Waals surface area (Å²) in [5, 5.41) is 7.02. The number of hydrogen-bond acceptors (Lipinski definition) is 3. The smallest absolute Gasteiger partial charge is 0.188 e. The number of aromatic nitrogens is 3. The van der Waals surface area contributed by atoms with E-state index in [0.717, 1.165) is 5.82 Å². The molecule has 0 unspecified atom stereocenters. The summed E-state index contributed by atoms with van der Waals surface area (Å²) in [6, 6.07) is 0. The largest absolute Gasteiger partial charge is 0.370 e. The molecule has 0 aromatic carbocycles. The molecule has 0 fully saturated rings. The molecule has 0 spiro atoms. The Morgan fingerprint density at radius 3 is 3.06 bits per heavy atom. The van der Waals surface area contributed by atoms with Crippen LogP contribution in [0.1, 0.15) is 5.82 Å². The Labute approximate surface area is 112 Å². The van der Waals surface area contributed by atoms with Crippen molar-refractivity contribution in [3.05, 3.63) is 24.8 Å². The molecule has 0 amide bonds. The molecule has 0 atom stereocenters. The number of hydrogen-bond donors (Lipinski definition) is 2. The summed E-state index contributed by atoms with van der Waals surface area (Å²) in [4.78, 5) is 8.19. The average Bonchev–Trinajstić information content (AvgIpc) is 2.61. The van der Waals surface area contributed by atoms with Crippen LogP contribution in [0.2, 0.25) is 0 Å². The highest BCUT2D eigenvalue weighted by Crippen LogP contribution is 1.89. The molecule has 1 aromatic rings. The van der Waals surface area contributed by atoms with Crippen molar-refractivity contribution in [2.45, 2.75) is 6.42 Å². The van der Waals surface area contributed by atoms with Gasteiger partial charge in [-0.1, -0.05) is 6.08 Å². The second kappa shape index (κ2) is 8.08. The lowest BCUT2D eigenvalue weighted by Gasteiger charge is -2.00. The second-order valence-electron chi connectivity index (χ2n) is 3.02. The quantitative estimate of drug-likeness (QED) is 0.345. The van der Waals surface area contributed by atoms with Crippen molar-refractivity contribution in [2.75, 3.05) is 13.1 Å². The van der Waals surface area contributed by atoms with Crippen molar-refractivity contribution < 1.29 is 0 Å². The predicted octanol–water partition coefficient (Wildman–Crippen LogP) is 0.0659. The lowest BCUT2D eigenvalue weighted by Crippen LogP contribution is -2.31. The van der Waals surface area contributed by atoms with Crippen LogP contribution in [0.4, 0.5) is 0 Å².